The summed E-state index contributed by atoms with van der Waals surface area (Å²) in [5.41, 5.74) is 0.387. The molecule has 0 unspecified atom stereocenters. The van der Waals surface area contributed by atoms with Gasteiger partial charge >= 0.3 is 0 Å². The van der Waals surface area contributed by atoms with Crippen LogP contribution in [0.25, 0.3) is 0 Å². The third-order valence-corrected chi connectivity index (χ3v) is 5.28. The Hall–Kier alpha value is -0.450. The molecule has 1 N–H and O–H groups in total. The summed E-state index contributed by atoms with van der Waals surface area (Å²) in [7, 11) is 4.43. The van der Waals surface area contributed by atoms with Crippen LogP contribution in [-0.4, -0.2) is 36.1 Å². The third-order valence-electron chi connectivity index (χ3n) is 4.14. The van der Waals surface area contributed by atoms with E-state index in [2.05, 4.69) is 36.2 Å². The van der Waals surface area contributed by atoms with Crippen LogP contribution in [0.3, 0.4) is 0 Å². The molecule has 0 bridgehead atoms. The van der Waals surface area contributed by atoms with Crippen LogP contribution in [-0.2, 0) is 13.0 Å². The first-order valence-electron chi connectivity index (χ1n) is 6.98. The second-order valence-corrected chi connectivity index (χ2v) is 6.70. The summed E-state index contributed by atoms with van der Waals surface area (Å²) in [6, 6.07) is 0. The number of hydrogen-bond acceptors (Lipinski definition) is 4. The van der Waals surface area contributed by atoms with Gasteiger partial charge in [0.25, 0.3) is 0 Å². The molecule has 3 nitrogen and oxygen atoms in total. The summed E-state index contributed by atoms with van der Waals surface area (Å²) in [5, 5.41) is 4.88. The van der Waals surface area contributed by atoms with E-state index in [-0.39, 0.29) is 0 Å². The third kappa shape index (κ3) is 3.11. The number of aromatic nitrogens is 1. The predicted molar refractivity (Wildman–Crippen MR) is 78.1 cm³/mol. The molecule has 1 fully saturated rings. The summed E-state index contributed by atoms with van der Waals surface area (Å²) in [4.78, 5) is 8.18. The molecule has 0 aliphatic heterocycles. The van der Waals surface area contributed by atoms with Crippen molar-refractivity contribution in [3.8, 4) is 0 Å². The van der Waals surface area contributed by atoms with Gasteiger partial charge in [-0.25, -0.2) is 4.98 Å². The van der Waals surface area contributed by atoms with E-state index in [0.29, 0.717) is 5.54 Å². The van der Waals surface area contributed by atoms with E-state index in [0.717, 1.165) is 19.5 Å². The quantitative estimate of drug-likeness (QED) is 0.859. The lowest BCUT2D eigenvalue weighted by atomic mass is 9.96. The Balaban J connectivity index is 1.83. The summed E-state index contributed by atoms with van der Waals surface area (Å²) in [5.74, 6) is 0. The second-order valence-electron chi connectivity index (χ2n) is 5.50. The summed E-state index contributed by atoms with van der Waals surface area (Å²) in [6.45, 7) is 4.22. The van der Waals surface area contributed by atoms with Crippen LogP contribution in [0.1, 0.15) is 42.5 Å². The van der Waals surface area contributed by atoms with Crippen molar-refractivity contribution in [2.24, 2.45) is 0 Å². The SMILES string of the molecule is CCc1ncc(CNCC2(N(C)C)CCCC2)s1. The van der Waals surface area contributed by atoms with E-state index in [9.17, 15) is 0 Å². The zero-order valence-electron chi connectivity index (χ0n) is 11.8. The normalized spacial score (nSPS) is 18.7. The minimum absolute atomic E-state index is 0.387. The molecule has 0 saturated heterocycles. The minimum Gasteiger partial charge on any atom is -0.310 e. The fourth-order valence-electron chi connectivity index (χ4n) is 2.83. The van der Waals surface area contributed by atoms with Crippen LogP contribution in [0.15, 0.2) is 6.20 Å². The van der Waals surface area contributed by atoms with Crippen LogP contribution in [0.5, 0.6) is 0 Å². The van der Waals surface area contributed by atoms with E-state index < -0.39 is 0 Å². The van der Waals surface area contributed by atoms with Gasteiger partial charge in [-0.05, 0) is 33.4 Å². The number of likely N-dealkylation sites (N-methyl/N-ethyl adjacent to an activating group) is 1. The number of nitrogens with one attached hydrogen (secondary N) is 1. The lowest BCUT2D eigenvalue weighted by molar-refractivity contribution is 0.154. The molecule has 0 atom stereocenters. The molecule has 1 aliphatic carbocycles. The van der Waals surface area contributed by atoms with E-state index in [1.54, 1.807) is 0 Å². The average molecular weight is 267 g/mol. The molecule has 102 valence electrons. The highest BCUT2D eigenvalue weighted by atomic mass is 32.1. The van der Waals surface area contributed by atoms with Crippen molar-refractivity contribution in [1.29, 1.82) is 0 Å². The molecule has 18 heavy (non-hydrogen) atoms. The van der Waals surface area contributed by atoms with Gasteiger partial charge in [0, 0.05) is 29.7 Å². The van der Waals surface area contributed by atoms with Crippen molar-refractivity contribution in [1.82, 2.24) is 15.2 Å². The topological polar surface area (TPSA) is 28.2 Å². The van der Waals surface area contributed by atoms with E-state index in [1.165, 1.54) is 35.6 Å². The van der Waals surface area contributed by atoms with Gasteiger partial charge in [0.15, 0.2) is 0 Å². The van der Waals surface area contributed by atoms with Crippen LogP contribution in [0.4, 0.5) is 0 Å². The molecule has 1 heterocycles. The van der Waals surface area contributed by atoms with Crippen molar-refractivity contribution in [3.63, 3.8) is 0 Å². The summed E-state index contributed by atoms with van der Waals surface area (Å²) >= 11 is 1.84. The van der Waals surface area contributed by atoms with Gasteiger partial charge in [-0.3, -0.25) is 0 Å². The van der Waals surface area contributed by atoms with Crippen molar-refractivity contribution in [3.05, 3.63) is 16.1 Å². The average Bonchev–Trinajstić information content (AvgIpc) is 2.98. The zero-order valence-corrected chi connectivity index (χ0v) is 12.6. The highest BCUT2D eigenvalue weighted by Gasteiger charge is 2.35. The highest BCUT2D eigenvalue weighted by Crippen LogP contribution is 2.33. The number of aryl methyl sites for hydroxylation is 1. The molecule has 1 aliphatic rings. The number of rotatable bonds is 6. The molecule has 4 heteroatoms. The Morgan fingerprint density at radius 1 is 1.39 bits per heavy atom. The maximum absolute atomic E-state index is 4.41. The minimum atomic E-state index is 0.387. The first-order chi connectivity index (χ1) is 8.66. The molecular formula is C14H25N3S. The first kappa shape index (κ1) is 14.0. The second kappa shape index (κ2) is 6.13. The van der Waals surface area contributed by atoms with Crippen LogP contribution in [0, 0.1) is 0 Å². The molecule has 0 amide bonds. The largest absolute Gasteiger partial charge is 0.310 e. The van der Waals surface area contributed by atoms with Crippen LogP contribution < -0.4 is 5.32 Å². The van der Waals surface area contributed by atoms with Gasteiger partial charge in [0.2, 0.25) is 0 Å². The fraction of sp³-hybridized carbons (Fsp3) is 0.786. The van der Waals surface area contributed by atoms with Gasteiger partial charge in [0.05, 0.1) is 5.01 Å². The molecular weight excluding hydrogens is 242 g/mol. The van der Waals surface area contributed by atoms with Gasteiger partial charge in [-0.2, -0.15) is 0 Å². The van der Waals surface area contributed by atoms with Crippen molar-refractivity contribution in [2.75, 3.05) is 20.6 Å². The molecule has 0 aromatic carbocycles. The monoisotopic (exact) mass is 267 g/mol. The number of thiazole rings is 1. The number of hydrogen-bond donors (Lipinski definition) is 1. The smallest absolute Gasteiger partial charge is 0.0925 e. The maximum Gasteiger partial charge on any atom is 0.0925 e. The van der Waals surface area contributed by atoms with Gasteiger partial charge < -0.3 is 10.2 Å². The van der Waals surface area contributed by atoms with Gasteiger partial charge in [-0.15, -0.1) is 11.3 Å². The Kier molecular flexibility index (Phi) is 4.76. The molecule has 1 aromatic rings. The molecule has 0 radical (unpaired) electrons. The van der Waals surface area contributed by atoms with Crippen LogP contribution in [0.2, 0.25) is 0 Å². The van der Waals surface area contributed by atoms with E-state index in [4.69, 9.17) is 0 Å². The van der Waals surface area contributed by atoms with Gasteiger partial charge in [0.1, 0.15) is 0 Å². The summed E-state index contributed by atoms with van der Waals surface area (Å²) < 4.78 is 0. The maximum atomic E-state index is 4.41. The molecule has 1 saturated carbocycles. The number of nitrogens with zero attached hydrogens (tertiary/aromatic N) is 2. The predicted octanol–water partition coefficient (Wildman–Crippen LogP) is 2.67. The first-order valence-corrected chi connectivity index (χ1v) is 7.80. The summed E-state index contributed by atoms with van der Waals surface area (Å²) in [6.07, 6.45) is 8.48. The Labute approximate surface area is 115 Å². The van der Waals surface area contributed by atoms with Crippen LogP contribution >= 0.6 is 11.3 Å². The van der Waals surface area contributed by atoms with Crippen molar-refractivity contribution in [2.45, 2.75) is 51.1 Å². The van der Waals surface area contributed by atoms with Crippen molar-refractivity contribution >= 4 is 11.3 Å². The van der Waals surface area contributed by atoms with E-state index in [1.807, 2.05) is 17.5 Å². The Morgan fingerprint density at radius 3 is 2.67 bits per heavy atom. The molecule has 2 rings (SSSR count). The lowest BCUT2D eigenvalue weighted by Crippen LogP contribution is -2.49. The Morgan fingerprint density at radius 2 is 2.11 bits per heavy atom. The fourth-order valence-corrected chi connectivity index (χ4v) is 3.66. The van der Waals surface area contributed by atoms with Crippen molar-refractivity contribution < 1.29 is 0 Å². The zero-order chi connectivity index (χ0) is 13.0. The highest BCUT2D eigenvalue weighted by molar-refractivity contribution is 7.11. The van der Waals surface area contributed by atoms with Gasteiger partial charge in [-0.1, -0.05) is 19.8 Å². The van der Waals surface area contributed by atoms with E-state index >= 15 is 0 Å². The standard InChI is InChI=1S/C14H25N3S/c1-4-13-16-10-12(18-13)9-15-11-14(17(2)3)7-5-6-8-14/h10,15H,4-9,11H2,1-3H3. The lowest BCUT2D eigenvalue weighted by Gasteiger charge is -2.36. The molecule has 0 spiro atoms. The Bertz CT molecular complexity index is 367. The molecule has 1 aromatic heterocycles.